The van der Waals surface area contributed by atoms with E-state index in [9.17, 15) is 0 Å². The van der Waals surface area contributed by atoms with Crippen molar-refractivity contribution in [1.82, 2.24) is 24.9 Å². The molecule has 0 saturated carbocycles. The van der Waals surface area contributed by atoms with Gasteiger partial charge in [-0.1, -0.05) is 0 Å². The predicted octanol–water partition coefficient (Wildman–Crippen LogP) is 1.80. The van der Waals surface area contributed by atoms with Gasteiger partial charge >= 0.3 is 0 Å². The molecule has 0 atom stereocenters. The highest BCUT2D eigenvalue weighted by atomic mass is 15.3. The molecule has 0 spiro atoms. The third-order valence-electron chi connectivity index (χ3n) is 2.95. The maximum absolute atomic E-state index is 4.33. The summed E-state index contributed by atoms with van der Waals surface area (Å²) in [5.41, 5.74) is 3.47. The predicted molar refractivity (Wildman–Crippen MR) is 71.1 cm³/mol. The summed E-state index contributed by atoms with van der Waals surface area (Å²) in [6, 6.07) is 4.56. The second-order valence-corrected chi connectivity index (χ2v) is 4.87. The lowest BCUT2D eigenvalue weighted by Gasteiger charge is -2.11. The van der Waals surface area contributed by atoms with Crippen LogP contribution in [-0.2, 0) is 20.1 Å². The first kappa shape index (κ1) is 12.8. The molecule has 0 unspecified atom stereocenters. The molecule has 2 heterocycles. The van der Waals surface area contributed by atoms with Gasteiger partial charge in [0.2, 0.25) is 0 Å². The van der Waals surface area contributed by atoms with Crippen LogP contribution in [0.25, 0.3) is 0 Å². The topological polar surface area (TPSA) is 47.7 Å². The van der Waals surface area contributed by atoms with Crippen molar-refractivity contribution in [1.29, 1.82) is 0 Å². The minimum Gasteiger partial charge on any atom is -0.306 e. The number of hydrogen-bond donors (Lipinski definition) is 1. The van der Waals surface area contributed by atoms with Crippen LogP contribution in [0, 0.1) is 6.92 Å². The fraction of sp³-hybridized carbons (Fsp3) is 0.538. The Bertz CT molecular complexity index is 509. The molecule has 0 saturated heterocycles. The van der Waals surface area contributed by atoms with Gasteiger partial charge in [-0.15, -0.1) is 0 Å². The van der Waals surface area contributed by atoms with Gasteiger partial charge in [0.1, 0.15) is 0 Å². The lowest BCUT2D eigenvalue weighted by Crippen LogP contribution is -2.18. The van der Waals surface area contributed by atoms with Gasteiger partial charge in [-0.25, -0.2) is 0 Å². The number of nitrogens with one attached hydrogen (secondary N) is 1. The van der Waals surface area contributed by atoms with Crippen molar-refractivity contribution in [3.05, 3.63) is 35.4 Å². The molecule has 0 bridgehead atoms. The molecule has 5 nitrogen and oxygen atoms in total. The normalized spacial score (nSPS) is 11.4. The summed E-state index contributed by atoms with van der Waals surface area (Å²) in [6.45, 7) is 7.93. The summed E-state index contributed by atoms with van der Waals surface area (Å²) >= 11 is 0. The molecule has 0 radical (unpaired) electrons. The number of aromatic nitrogens is 4. The van der Waals surface area contributed by atoms with Crippen LogP contribution in [0.5, 0.6) is 0 Å². The first-order valence-corrected chi connectivity index (χ1v) is 6.30. The lowest BCUT2D eigenvalue weighted by atomic mass is 10.3. The van der Waals surface area contributed by atoms with Crippen molar-refractivity contribution < 1.29 is 0 Å². The van der Waals surface area contributed by atoms with E-state index in [4.69, 9.17) is 0 Å². The van der Waals surface area contributed by atoms with Crippen LogP contribution >= 0.6 is 0 Å². The van der Waals surface area contributed by atoms with E-state index in [1.165, 1.54) is 11.4 Å². The van der Waals surface area contributed by atoms with E-state index in [0.717, 1.165) is 18.8 Å². The van der Waals surface area contributed by atoms with Gasteiger partial charge in [0, 0.05) is 32.4 Å². The summed E-state index contributed by atoms with van der Waals surface area (Å²) in [6.07, 6.45) is 1.85. The maximum atomic E-state index is 4.33. The fourth-order valence-corrected chi connectivity index (χ4v) is 2.09. The fourth-order valence-electron chi connectivity index (χ4n) is 2.09. The van der Waals surface area contributed by atoms with E-state index >= 15 is 0 Å². The number of aryl methyl sites for hydroxylation is 2. The molecule has 2 aromatic heterocycles. The van der Waals surface area contributed by atoms with Gasteiger partial charge in [-0.05, 0) is 32.9 Å². The van der Waals surface area contributed by atoms with E-state index in [2.05, 4.69) is 41.5 Å². The molecule has 5 heteroatoms. The minimum absolute atomic E-state index is 0.399. The van der Waals surface area contributed by atoms with Gasteiger partial charge < -0.3 is 5.32 Å². The average Bonchev–Trinajstić information content (AvgIpc) is 2.86. The first-order valence-electron chi connectivity index (χ1n) is 6.30. The Hall–Kier alpha value is -1.62. The summed E-state index contributed by atoms with van der Waals surface area (Å²) in [5, 5.41) is 12.1. The average molecular weight is 247 g/mol. The van der Waals surface area contributed by atoms with Crippen LogP contribution in [0.1, 0.15) is 37.0 Å². The van der Waals surface area contributed by atoms with Crippen LogP contribution < -0.4 is 5.32 Å². The molecule has 0 amide bonds. The van der Waals surface area contributed by atoms with Gasteiger partial charge in [0.15, 0.2) is 0 Å². The third-order valence-corrected chi connectivity index (χ3v) is 2.95. The van der Waals surface area contributed by atoms with E-state index in [1.54, 1.807) is 0 Å². The molecule has 0 fully saturated rings. The smallest absolute Gasteiger partial charge is 0.0597 e. The van der Waals surface area contributed by atoms with Crippen molar-refractivity contribution in [2.24, 2.45) is 7.05 Å². The van der Waals surface area contributed by atoms with Gasteiger partial charge in [0.05, 0.1) is 17.1 Å². The largest absolute Gasteiger partial charge is 0.306 e. The molecular weight excluding hydrogens is 226 g/mol. The summed E-state index contributed by atoms with van der Waals surface area (Å²) in [4.78, 5) is 0. The Balaban J connectivity index is 1.92. The SMILES string of the molecule is Cc1cc(CNCc2ccnn2C(C)C)n(C)n1. The van der Waals surface area contributed by atoms with Crippen LogP contribution in [-0.4, -0.2) is 19.6 Å². The van der Waals surface area contributed by atoms with Gasteiger partial charge in [-0.3, -0.25) is 9.36 Å². The molecule has 1 N–H and O–H groups in total. The summed E-state index contributed by atoms with van der Waals surface area (Å²) in [7, 11) is 1.97. The van der Waals surface area contributed by atoms with Crippen molar-refractivity contribution in [3.8, 4) is 0 Å². The van der Waals surface area contributed by atoms with Crippen LogP contribution in [0.2, 0.25) is 0 Å². The van der Waals surface area contributed by atoms with Gasteiger partial charge in [0.25, 0.3) is 0 Å². The molecule has 2 aromatic rings. The maximum Gasteiger partial charge on any atom is 0.0597 e. The van der Waals surface area contributed by atoms with Crippen LogP contribution in [0.15, 0.2) is 18.3 Å². The number of hydrogen-bond acceptors (Lipinski definition) is 3. The van der Waals surface area contributed by atoms with Crippen LogP contribution in [0.4, 0.5) is 0 Å². The monoisotopic (exact) mass is 247 g/mol. The highest BCUT2D eigenvalue weighted by molar-refractivity contribution is 5.08. The third kappa shape index (κ3) is 2.79. The van der Waals surface area contributed by atoms with Crippen molar-refractivity contribution in [2.75, 3.05) is 0 Å². The van der Waals surface area contributed by atoms with E-state index < -0.39 is 0 Å². The van der Waals surface area contributed by atoms with Crippen molar-refractivity contribution in [3.63, 3.8) is 0 Å². The van der Waals surface area contributed by atoms with Gasteiger partial charge in [-0.2, -0.15) is 10.2 Å². The molecule has 18 heavy (non-hydrogen) atoms. The molecule has 0 aliphatic heterocycles. The molecule has 2 rings (SSSR count). The molecule has 0 aliphatic rings. The Morgan fingerprint density at radius 2 is 2.00 bits per heavy atom. The Morgan fingerprint density at radius 1 is 1.28 bits per heavy atom. The summed E-state index contributed by atoms with van der Waals surface area (Å²) in [5.74, 6) is 0. The second-order valence-electron chi connectivity index (χ2n) is 4.87. The second kappa shape index (κ2) is 5.35. The van der Waals surface area contributed by atoms with Crippen molar-refractivity contribution in [2.45, 2.75) is 39.9 Å². The van der Waals surface area contributed by atoms with Crippen LogP contribution in [0.3, 0.4) is 0 Å². The zero-order valence-corrected chi connectivity index (χ0v) is 11.5. The van der Waals surface area contributed by atoms with Crippen molar-refractivity contribution >= 4 is 0 Å². The zero-order valence-electron chi connectivity index (χ0n) is 11.5. The minimum atomic E-state index is 0.399. The lowest BCUT2D eigenvalue weighted by molar-refractivity contribution is 0.492. The highest BCUT2D eigenvalue weighted by Crippen LogP contribution is 2.08. The molecular formula is C13H21N5. The Labute approximate surface area is 108 Å². The van der Waals surface area contributed by atoms with E-state index in [1.807, 2.05) is 29.5 Å². The standard InChI is InChI=1S/C13H21N5/c1-10(2)18-12(5-6-15-18)8-14-9-13-7-11(3)16-17(13)4/h5-7,10,14H,8-9H2,1-4H3. The number of nitrogens with zero attached hydrogens (tertiary/aromatic N) is 4. The number of rotatable bonds is 5. The highest BCUT2D eigenvalue weighted by Gasteiger charge is 2.06. The van der Waals surface area contributed by atoms with E-state index in [-0.39, 0.29) is 0 Å². The molecule has 98 valence electrons. The first-order chi connectivity index (χ1) is 8.58. The molecule has 0 aromatic carbocycles. The van der Waals surface area contributed by atoms with E-state index in [0.29, 0.717) is 6.04 Å². The zero-order chi connectivity index (χ0) is 13.1. The molecule has 0 aliphatic carbocycles. The Kier molecular flexibility index (Phi) is 3.81. The summed E-state index contributed by atoms with van der Waals surface area (Å²) < 4.78 is 3.96. The Morgan fingerprint density at radius 3 is 2.61 bits per heavy atom. The quantitative estimate of drug-likeness (QED) is 0.876.